The van der Waals surface area contributed by atoms with Crippen LogP contribution in [0.4, 0.5) is 14.5 Å². The summed E-state index contributed by atoms with van der Waals surface area (Å²) in [6.07, 6.45) is 1.68. The van der Waals surface area contributed by atoms with Crippen molar-refractivity contribution < 1.29 is 18.3 Å². The molecule has 0 radical (unpaired) electrons. The quantitative estimate of drug-likeness (QED) is 0.473. The van der Waals surface area contributed by atoms with Gasteiger partial charge in [0, 0.05) is 11.4 Å². The average molecular weight is 392 g/mol. The van der Waals surface area contributed by atoms with Gasteiger partial charge in [-0.1, -0.05) is 48.7 Å². The highest BCUT2D eigenvalue weighted by Crippen LogP contribution is 2.31. The van der Waals surface area contributed by atoms with Gasteiger partial charge in [-0.15, -0.1) is 0 Å². The summed E-state index contributed by atoms with van der Waals surface area (Å²) in [5, 5.41) is 2.70. The molecule has 27 heavy (non-hydrogen) atoms. The van der Waals surface area contributed by atoms with Crippen molar-refractivity contribution in [2.45, 2.75) is 17.2 Å². The van der Waals surface area contributed by atoms with Crippen LogP contribution in [0.3, 0.4) is 0 Å². The number of carbonyl (C=O) groups excluding carboxylic acids is 1. The smallest absolute Gasteiger partial charge is 0.288 e. The normalized spacial score (nSPS) is 10.9. The third-order valence-corrected chi connectivity index (χ3v) is 4.32. The fraction of sp³-hybridized carbons (Fsp3) is 0.250. The van der Waals surface area contributed by atoms with Gasteiger partial charge in [0.1, 0.15) is 12.4 Å². The Bertz CT molecular complexity index is 754. The van der Waals surface area contributed by atoms with Crippen LogP contribution >= 0.6 is 11.8 Å². The molecule has 144 valence electrons. The molecule has 0 bridgehead atoms. The second-order valence-corrected chi connectivity index (χ2v) is 6.87. The number of hydrogen-bond acceptors (Lipinski definition) is 4. The Balaban J connectivity index is 1.87. The molecule has 1 amide bonds. The summed E-state index contributed by atoms with van der Waals surface area (Å²) in [5.74, 6) is -2.04. The van der Waals surface area contributed by atoms with Gasteiger partial charge in [-0.2, -0.15) is 8.78 Å². The van der Waals surface area contributed by atoms with Crippen molar-refractivity contribution >= 4 is 23.4 Å². The maximum absolute atomic E-state index is 12.6. The molecule has 0 fully saturated rings. The van der Waals surface area contributed by atoms with Crippen molar-refractivity contribution in [3.05, 3.63) is 66.7 Å². The summed E-state index contributed by atoms with van der Waals surface area (Å²) in [4.78, 5) is 14.4. The largest absolute Gasteiger partial charge is 0.490 e. The number of hydrogen-bond donors (Lipinski definition) is 1. The standard InChI is InChI=1S/C20H22F2N2O2S/c1-3-12-26-16-10-8-15(9-11-16)13-24(2)14-19(25)23-17-6-4-5-7-18(17)27-20(21)22/h3-11,20H,1,12-14H2,2H3,(H,23,25). The molecule has 2 aromatic rings. The zero-order valence-corrected chi connectivity index (χ0v) is 15.8. The Morgan fingerprint density at radius 3 is 2.63 bits per heavy atom. The lowest BCUT2D eigenvalue weighted by Gasteiger charge is -2.17. The van der Waals surface area contributed by atoms with Gasteiger partial charge in [-0.25, -0.2) is 0 Å². The van der Waals surface area contributed by atoms with Crippen molar-refractivity contribution in [1.29, 1.82) is 0 Å². The van der Waals surface area contributed by atoms with Gasteiger partial charge in [0.05, 0.1) is 12.2 Å². The van der Waals surface area contributed by atoms with Gasteiger partial charge in [0.25, 0.3) is 5.76 Å². The van der Waals surface area contributed by atoms with E-state index in [0.717, 1.165) is 11.3 Å². The second-order valence-electron chi connectivity index (χ2n) is 5.84. The van der Waals surface area contributed by atoms with Crippen molar-refractivity contribution in [3.63, 3.8) is 0 Å². The highest BCUT2D eigenvalue weighted by molar-refractivity contribution is 7.99. The second kappa shape index (κ2) is 10.7. The van der Waals surface area contributed by atoms with E-state index in [1.165, 1.54) is 0 Å². The molecule has 2 rings (SSSR count). The Kier molecular flexibility index (Phi) is 8.29. The molecule has 0 spiro atoms. The Morgan fingerprint density at radius 1 is 1.26 bits per heavy atom. The first-order chi connectivity index (χ1) is 13.0. The van der Waals surface area contributed by atoms with E-state index in [1.807, 2.05) is 36.2 Å². The van der Waals surface area contributed by atoms with Gasteiger partial charge in [-0.05, 0) is 36.9 Å². The fourth-order valence-electron chi connectivity index (χ4n) is 2.42. The summed E-state index contributed by atoms with van der Waals surface area (Å²) in [6, 6.07) is 14.1. The van der Waals surface area contributed by atoms with E-state index in [2.05, 4.69) is 11.9 Å². The predicted molar refractivity (Wildman–Crippen MR) is 105 cm³/mol. The number of nitrogens with one attached hydrogen (secondary N) is 1. The Labute approximate surface area is 162 Å². The fourth-order valence-corrected chi connectivity index (χ4v) is 3.01. The van der Waals surface area contributed by atoms with Crippen LogP contribution in [0.5, 0.6) is 5.75 Å². The van der Waals surface area contributed by atoms with E-state index in [4.69, 9.17) is 4.74 Å². The lowest BCUT2D eigenvalue weighted by molar-refractivity contribution is -0.117. The maximum Gasteiger partial charge on any atom is 0.288 e. The van der Waals surface area contributed by atoms with Gasteiger partial charge < -0.3 is 10.1 Å². The van der Waals surface area contributed by atoms with Crippen LogP contribution in [0.25, 0.3) is 0 Å². The number of carbonyl (C=O) groups is 1. The van der Waals surface area contributed by atoms with Gasteiger partial charge in [0.2, 0.25) is 5.91 Å². The molecule has 1 N–H and O–H groups in total. The molecule has 0 atom stereocenters. The Morgan fingerprint density at radius 2 is 1.96 bits per heavy atom. The minimum absolute atomic E-state index is 0.141. The van der Waals surface area contributed by atoms with Crippen LogP contribution in [0.1, 0.15) is 5.56 Å². The molecule has 0 saturated carbocycles. The van der Waals surface area contributed by atoms with Gasteiger partial charge in [-0.3, -0.25) is 9.69 Å². The molecule has 0 aliphatic heterocycles. The number of anilines is 1. The van der Waals surface area contributed by atoms with E-state index in [-0.39, 0.29) is 12.5 Å². The number of rotatable bonds is 10. The van der Waals surface area contributed by atoms with Gasteiger partial charge >= 0.3 is 0 Å². The average Bonchev–Trinajstić information content (AvgIpc) is 2.62. The summed E-state index contributed by atoms with van der Waals surface area (Å²) >= 11 is 0.416. The third-order valence-electron chi connectivity index (χ3n) is 3.53. The molecule has 0 aliphatic rings. The number of benzene rings is 2. The number of ether oxygens (including phenoxy) is 1. The molecule has 7 heteroatoms. The van der Waals surface area contributed by atoms with Gasteiger partial charge in [0.15, 0.2) is 0 Å². The number of para-hydroxylation sites is 1. The molecule has 0 saturated heterocycles. The van der Waals surface area contributed by atoms with Crippen LogP contribution in [0.15, 0.2) is 66.1 Å². The van der Waals surface area contributed by atoms with Crippen molar-refractivity contribution in [3.8, 4) is 5.75 Å². The van der Waals surface area contributed by atoms with E-state index in [0.29, 0.717) is 35.5 Å². The van der Waals surface area contributed by atoms with Crippen molar-refractivity contribution in [2.24, 2.45) is 0 Å². The van der Waals surface area contributed by atoms with E-state index in [9.17, 15) is 13.6 Å². The molecule has 0 aliphatic carbocycles. The first-order valence-corrected chi connectivity index (χ1v) is 9.20. The van der Waals surface area contributed by atoms with Crippen molar-refractivity contribution in [1.82, 2.24) is 4.90 Å². The molecular formula is C20H22F2N2O2S. The van der Waals surface area contributed by atoms with Crippen molar-refractivity contribution in [2.75, 3.05) is 25.5 Å². The SMILES string of the molecule is C=CCOc1ccc(CN(C)CC(=O)Nc2ccccc2SC(F)F)cc1. The number of likely N-dealkylation sites (N-methyl/N-ethyl adjacent to an activating group) is 1. The zero-order valence-electron chi connectivity index (χ0n) is 15.0. The van der Waals surface area contributed by atoms with Crippen LogP contribution in [-0.4, -0.2) is 36.8 Å². The lowest BCUT2D eigenvalue weighted by Crippen LogP contribution is -2.30. The number of amides is 1. The summed E-state index contributed by atoms with van der Waals surface area (Å²) in [7, 11) is 1.82. The highest BCUT2D eigenvalue weighted by atomic mass is 32.2. The van der Waals surface area contributed by atoms with Crippen LogP contribution in [0.2, 0.25) is 0 Å². The Hall–Kier alpha value is -2.38. The van der Waals surface area contributed by atoms with Crippen LogP contribution < -0.4 is 10.1 Å². The van der Waals surface area contributed by atoms with E-state index in [1.54, 1.807) is 30.3 Å². The maximum atomic E-state index is 12.6. The molecule has 0 heterocycles. The van der Waals surface area contributed by atoms with E-state index < -0.39 is 5.76 Å². The third kappa shape index (κ3) is 7.40. The molecule has 0 aromatic heterocycles. The molecule has 2 aromatic carbocycles. The molecule has 0 unspecified atom stereocenters. The summed E-state index contributed by atoms with van der Waals surface area (Å²) in [5.41, 5.74) is 1.43. The van der Waals surface area contributed by atoms with Crippen LogP contribution in [0, 0.1) is 0 Å². The monoisotopic (exact) mass is 392 g/mol. The topological polar surface area (TPSA) is 41.6 Å². The summed E-state index contributed by atoms with van der Waals surface area (Å²) < 4.78 is 30.7. The number of alkyl halides is 2. The number of thioether (sulfide) groups is 1. The molecular weight excluding hydrogens is 370 g/mol. The first-order valence-electron chi connectivity index (χ1n) is 8.33. The minimum atomic E-state index is -2.54. The lowest BCUT2D eigenvalue weighted by atomic mass is 10.2. The number of nitrogens with zero attached hydrogens (tertiary/aromatic N) is 1. The zero-order chi connectivity index (χ0) is 19.6. The molecule has 4 nitrogen and oxygen atoms in total. The summed E-state index contributed by atoms with van der Waals surface area (Å²) in [6.45, 7) is 4.76. The van der Waals surface area contributed by atoms with Crippen LogP contribution in [-0.2, 0) is 11.3 Å². The minimum Gasteiger partial charge on any atom is -0.490 e. The predicted octanol–water partition coefficient (Wildman–Crippen LogP) is 4.64. The number of halogens is 2. The highest BCUT2D eigenvalue weighted by Gasteiger charge is 2.13. The van der Waals surface area contributed by atoms with E-state index >= 15 is 0 Å². The first kappa shape index (κ1) is 20.9.